The number of rotatable bonds is 4. The van der Waals surface area contributed by atoms with Crippen molar-refractivity contribution in [3.05, 3.63) is 53.6 Å². The lowest BCUT2D eigenvalue weighted by molar-refractivity contribution is -0.124. The zero-order valence-electron chi connectivity index (χ0n) is 20.8. The van der Waals surface area contributed by atoms with Crippen LogP contribution >= 0.6 is 0 Å². The molecule has 0 spiro atoms. The number of aliphatic imine (C=N–C) groups is 1. The van der Waals surface area contributed by atoms with Crippen molar-refractivity contribution in [3.63, 3.8) is 0 Å². The number of alkyl halides is 3. The molecule has 198 valence electrons. The van der Waals surface area contributed by atoms with Gasteiger partial charge in [-0.2, -0.15) is 18.4 Å². The predicted molar refractivity (Wildman–Crippen MR) is 133 cm³/mol. The minimum atomic E-state index is -4.94. The molecule has 2 aromatic rings. The van der Waals surface area contributed by atoms with Crippen LogP contribution in [-0.2, 0) is 9.59 Å². The maximum atomic E-state index is 15.5. The van der Waals surface area contributed by atoms with Gasteiger partial charge >= 0.3 is 6.18 Å². The van der Waals surface area contributed by atoms with Gasteiger partial charge in [-0.3, -0.25) is 19.5 Å². The highest BCUT2D eigenvalue weighted by molar-refractivity contribution is 6.11. The van der Waals surface area contributed by atoms with Gasteiger partial charge in [-0.1, -0.05) is 0 Å². The second-order valence-electron chi connectivity index (χ2n) is 9.37. The average Bonchev–Trinajstić information content (AvgIpc) is 2.87. The number of halogens is 4. The molecule has 1 fully saturated rings. The normalized spacial score (nSPS) is 22.2. The predicted octanol–water partition coefficient (Wildman–Crippen LogP) is 3.94. The van der Waals surface area contributed by atoms with Crippen molar-refractivity contribution >= 4 is 29.4 Å². The number of pyridine rings is 1. The Balaban J connectivity index is 1.79. The zero-order chi connectivity index (χ0) is 27.8. The molecule has 38 heavy (non-hydrogen) atoms. The summed E-state index contributed by atoms with van der Waals surface area (Å²) in [7, 11) is 1.96. The number of amides is 2. The molecule has 2 amide bonds. The van der Waals surface area contributed by atoms with Crippen LogP contribution in [0.4, 0.5) is 28.9 Å². The summed E-state index contributed by atoms with van der Waals surface area (Å²) < 4.78 is 56.3. The van der Waals surface area contributed by atoms with E-state index in [1.54, 1.807) is 0 Å². The molecule has 0 radical (unpaired) electrons. The van der Waals surface area contributed by atoms with Crippen molar-refractivity contribution in [2.45, 2.75) is 32.1 Å². The molecule has 0 saturated carbocycles. The number of nitriles is 1. The topological polar surface area (TPSA) is 102 Å². The van der Waals surface area contributed by atoms with E-state index in [1.165, 1.54) is 30.6 Å². The Kier molecular flexibility index (Phi) is 7.33. The number of anilines is 2. The van der Waals surface area contributed by atoms with Crippen molar-refractivity contribution in [1.29, 1.82) is 5.26 Å². The Hall–Kier alpha value is -4.11. The molecule has 4 rings (SSSR count). The molecule has 12 heteroatoms. The summed E-state index contributed by atoms with van der Waals surface area (Å²) in [4.78, 5) is 36.0. The first kappa shape index (κ1) is 26.9. The van der Waals surface area contributed by atoms with Crippen molar-refractivity contribution in [3.8, 4) is 17.2 Å². The lowest BCUT2D eigenvalue weighted by Gasteiger charge is -2.44. The quantitative estimate of drug-likeness (QED) is 0.604. The highest BCUT2D eigenvalue weighted by Gasteiger charge is 2.43. The summed E-state index contributed by atoms with van der Waals surface area (Å²) in [5.74, 6) is -4.73. The third kappa shape index (κ3) is 5.43. The highest BCUT2D eigenvalue weighted by atomic mass is 19.4. The molecule has 2 aliphatic rings. The van der Waals surface area contributed by atoms with E-state index >= 15 is 4.39 Å². The molecule has 1 saturated heterocycles. The molecule has 0 bridgehead atoms. The fraction of sp³-hybridized carbons (Fsp3) is 0.346. The average molecular weight is 529 g/mol. The summed E-state index contributed by atoms with van der Waals surface area (Å²) in [6.07, 6.45) is -1.34. The van der Waals surface area contributed by atoms with Crippen molar-refractivity contribution in [2.75, 3.05) is 30.4 Å². The van der Waals surface area contributed by atoms with E-state index in [0.29, 0.717) is 25.4 Å². The number of dihydropyridines is 1. The van der Waals surface area contributed by atoms with Gasteiger partial charge in [0.2, 0.25) is 5.91 Å². The lowest BCUT2D eigenvalue weighted by atomic mass is 9.95. The fourth-order valence-electron chi connectivity index (χ4n) is 4.56. The van der Waals surface area contributed by atoms with E-state index in [0.717, 1.165) is 0 Å². The Morgan fingerprint density at radius 3 is 2.47 bits per heavy atom. The van der Waals surface area contributed by atoms with Gasteiger partial charge in [0.15, 0.2) is 0 Å². The van der Waals surface area contributed by atoms with Gasteiger partial charge in [0, 0.05) is 61.0 Å². The number of carbonyl (C=O) groups is 2. The summed E-state index contributed by atoms with van der Waals surface area (Å²) >= 11 is 0. The Bertz CT molecular complexity index is 1370. The van der Waals surface area contributed by atoms with Crippen molar-refractivity contribution in [2.24, 2.45) is 10.9 Å². The van der Waals surface area contributed by atoms with E-state index < -0.39 is 35.3 Å². The number of aromatic nitrogens is 1. The minimum absolute atomic E-state index is 0.00273. The Labute approximate surface area is 216 Å². The Morgan fingerprint density at radius 2 is 1.84 bits per heavy atom. The molecule has 1 N–H and O–H groups in total. The maximum Gasteiger partial charge on any atom is 0.414 e. The van der Waals surface area contributed by atoms with Crippen LogP contribution in [0, 0.1) is 23.1 Å². The molecular formula is C26H24F4N6O2. The molecule has 3 atom stereocenters. The maximum absolute atomic E-state index is 15.5. The number of benzene rings is 1. The fourth-order valence-corrected chi connectivity index (χ4v) is 4.56. The first-order chi connectivity index (χ1) is 17.9. The number of hydrogen-bond donors (Lipinski definition) is 1. The van der Waals surface area contributed by atoms with Crippen molar-refractivity contribution in [1.82, 2.24) is 9.88 Å². The molecular weight excluding hydrogens is 504 g/mol. The molecule has 0 aliphatic carbocycles. The SMILES string of the molecule is C[C@@H]1CN(c2cc(F)c(-c3cncc(C#N)c3)cc2NC(=O)C2C=NC(=O)C=C2C(F)(F)F)C[C@H](C)N1C. The van der Waals surface area contributed by atoms with Crippen LogP contribution in [0.1, 0.15) is 19.4 Å². The van der Waals surface area contributed by atoms with Crippen molar-refractivity contribution < 1.29 is 27.2 Å². The van der Waals surface area contributed by atoms with Gasteiger partial charge in [-0.15, -0.1) is 0 Å². The summed E-state index contributed by atoms with van der Waals surface area (Å²) in [6.45, 7) is 4.92. The summed E-state index contributed by atoms with van der Waals surface area (Å²) in [5, 5.41) is 11.7. The molecule has 8 nitrogen and oxygen atoms in total. The van der Waals surface area contributed by atoms with Crippen LogP contribution in [0.25, 0.3) is 11.1 Å². The standard InChI is InChI=1S/C26H24F4N6O2/c1-14-12-36(13-15(2)35(14)3)23-7-21(27)18(17-4-16(8-31)9-32-10-17)5-22(23)34-25(38)19-11-33-24(37)6-20(19)26(28,29)30/h4-7,9-11,14-15,19H,12-13H2,1-3H3,(H,34,38)/t14-,15+,19?. The smallest absolute Gasteiger partial charge is 0.367 e. The largest absolute Gasteiger partial charge is 0.414 e. The van der Waals surface area contributed by atoms with Gasteiger partial charge in [-0.25, -0.2) is 9.38 Å². The zero-order valence-corrected chi connectivity index (χ0v) is 20.8. The van der Waals surface area contributed by atoms with E-state index in [4.69, 9.17) is 0 Å². The molecule has 3 heterocycles. The monoisotopic (exact) mass is 528 g/mol. The summed E-state index contributed by atoms with van der Waals surface area (Å²) in [6, 6.07) is 6.01. The second kappa shape index (κ2) is 10.3. The molecule has 2 aliphatic heterocycles. The number of nitrogens with one attached hydrogen (secondary N) is 1. The molecule has 1 unspecified atom stereocenters. The van der Waals surface area contributed by atoms with Gasteiger partial charge in [0.1, 0.15) is 17.8 Å². The lowest BCUT2D eigenvalue weighted by Crippen LogP contribution is -2.55. The highest BCUT2D eigenvalue weighted by Crippen LogP contribution is 2.38. The van der Waals surface area contributed by atoms with Gasteiger partial charge in [-0.05, 0) is 39.1 Å². The number of hydrogen-bond acceptors (Lipinski definition) is 6. The first-order valence-corrected chi connectivity index (χ1v) is 11.7. The third-order valence-electron chi connectivity index (χ3n) is 6.80. The summed E-state index contributed by atoms with van der Waals surface area (Å²) in [5.41, 5.74) is -0.540. The second-order valence-corrected chi connectivity index (χ2v) is 9.37. The van der Waals surface area contributed by atoms with E-state index in [2.05, 4.69) is 20.2 Å². The van der Waals surface area contributed by atoms with Gasteiger partial charge in [0.05, 0.1) is 22.5 Å². The van der Waals surface area contributed by atoms with Crippen LogP contribution in [0.3, 0.4) is 0 Å². The van der Waals surface area contributed by atoms with Crippen LogP contribution in [0.15, 0.2) is 47.2 Å². The third-order valence-corrected chi connectivity index (χ3v) is 6.80. The van der Waals surface area contributed by atoms with E-state index in [9.17, 15) is 28.0 Å². The van der Waals surface area contributed by atoms with Crippen LogP contribution < -0.4 is 10.2 Å². The van der Waals surface area contributed by atoms with Gasteiger partial charge < -0.3 is 10.2 Å². The number of likely N-dealkylation sites (N-methyl/N-ethyl adjacent to an activating group) is 1. The Morgan fingerprint density at radius 1 is 1.16 bits per heavy atom. The van der Waals surface area contributed by atoms with Crippen LogP contribution in [0.5, 0.6) is 0 Å². The minimum Gasteiger partial charge on any atom is -0.367 e. The van der Waals surface area contributed by atoms with Gasteiger partial charge in [0.25, 0.3) is 5.91 Å². The van der Waals surface area contributed by atoms with Crippen LogP contribution in [-0.4, -0.2) is 66.3 Å². The molecule has 1 aromatic heterocycles. The van der Waals surface area contributed by atoms with E-state index in [1.807, 2.05) is 31.9 Å². The number of piperazine rings is 1. The molecule has 1 aromatic carbocycles. The first-order valence-electron chi connectivity index (χ1n) is 11.7. The van der Waals surface area contributed by atoms with E-state index in [-0.39, 0.29) is 40.1 Å². The number of nitrogens with zero attached hydrogens (tertiary/aromatic N) is 5. The number of carbonyl (C=O) groups excluding carboxylic acids is 2. The van der Waals surface area contributed by atoms with Crippen LogP contribution in [0.2, 0.25) is 0 Å².